The van der Waals surface area contributed by atoms with Gasteiger partial charge < -0.3 is 8.98 Å². The lowest BCUT2D eigenvalue weighted by Crippen LogP contribution is -2.07. The molecule has 2 heterocycles. The molecule has 0 amide bonds. The number of nitrogens with zero attached hydrogens (tertiary/aromatic N) is 1. The Morgan fingerprint density at radius 3 is 1.83 bits per heavy atom. The van der Waals surface area contributed by atoms with Crippen LogP contribution in [-0.2, 0) is 0 Å². The maximum Gasteiger partial charge on any atom is 0.136 e. The number of halogens is 1. The molecule has 3 heteroatoms. The van der Waals surface area contributed by atoms with E-state index in [0.29, 0.717) is 5.92 Å². The first kappa shape index (κ1) is 31.4. The third-order valence-electron chi connectivity index (χ3n) is 11.7. The second-order valence-electron chi connectivity index (χ2n) is 14.6. The summed E-state index contributed by atoms with van der Waals surface area (Å²) in [7, 11) is 0. The second-order valence-corrected chi connectivity index (χ2v) is 15.5. The smallest absolute Gasteiger partial charge is 0.136 e. The first-order valence-corrected chi connectivity index (χ1v) is 19.4. The van der Waals surface area contributed by atoms with Gasteiger partial charge in [-0.1, -0.05) is 132 Å². The molecule has 2 aromatic heterocycles. The van der Waals surface area contributed by atoms with Gasteiger partial charge in [0.1, 0.15) is 11.2 Å². The molecule has 0 fully saturated rings. The molecule has 10 aromatic rings. The molecule has 11 rings (SSSR count). The number of benzene rings is 8. The van der Waals surface area contributed by atoms with Crippen molar-refractivity contribution in [2.45, 2.75) is 18.8 Å². The molecule has 256 valence electrons. The molecule has 0 spiro atoms. The Morgan fingerprint density at radius 2 is 1.09 bits per heavy atom. The fourth-order valence-electron chi connectivity index (χ4n) is 9.11. The van der Waals surface area contributed by atoms with E-state index >= 15 is 0 Å². The van der Waals surface area contributed by atoms with Crippen LogP contribution < -0.4 is 0 Å². The van der Waals surface area contributed by atoms with Crippen LogP contribution >= 0.6 is 15.9 Å². The zero-order valence-electron chi connectivity index (χ0n) is 29.6. The maximum absolute atomic E-state index is 6.23. The minimum atomic E-state index is 0.253. The Balaban J connectivity index is 1.08. The van der Waals surface area contributed by atoms with Crippen molar-refractivity contribution in [2.75, 3.05) is 0 Å². The molecular weight excluding hydrogens is 722 g/mol. The van der Waals surface area contributed by atoms with Crippen molar-refractivity contribution < 1.29 is 4.42 Å². The SMILES string of the molecule is CC(c1ccccc1)C1c2ccc(-c3ccc4oc5cccc(Br)c5c4c3)cc2-c2cc(-c3ccc4c(c3)c3ccccc3n4-c3ccccc3)ccc21. The van der Waals surface area contributed by atoms with E-state index < -0.39 is 0 Å². The van der Waals surface area contributed by atoms with Crippen LogP contribution in [0.15, 0.2) is 185 Å². The molecule has 2 atom stereocenters. The minimum absolute atomic E-state index is 0.253. The van der Waals surface area contributed by atoms with E-state index in [1.165, 1.54) is 77.6 Å². The molecule has 54 heavy (non-hydrogen) atoms. The summed E-state index contributed by atoms with van der Waals surface area (Å²) >= 11 is 3.78. The summed E-state index contributed by atoms with van der Waals surface area (Å²) in [6, 6.07) is 64.4. The number of para-hydroxylation sites is 2. The van der Waals surface area contributed by atoms with Crippen LogP contribution in [0.5, 0.6) is 0 Å². The third-order valence-corrected chi connectivity index (χ3v) is 12.4. The van der Waals surface area contributed by atoms with Gasteiger partial charge in [-0.2, -0.15) is 0 Å². The molecule has 1 aliphatic carbocycles. The number of rotatable bonds is 5. The van der Waals surface area contributed by atoms with E-state index in [4.69, 9.17) is 4.42 Å². The van der Waals surface area contributed by atoms with Gasteiger partial charge in [0, 0.05) is 37.6 Å². The minimum Gasteiger partial charge on any atom is -0.456 e. The van der Waals surface area contributed by atoms with Crippen LogP contribution in [0.4, 0.5) is 0 Å². The normalized spacial score (nSPS) is 14.2. The van der Waals surface area contributed by atoms with Gasteiger partial charge in [0.15, 0.2) is 0 Å². The lowest BCUT2D eigenvalue weighted by Gasteiger charge is -2.23. The zero-order valence-corrected chi connectivity index (χ0v) is 31.2. The van der Waals surface area contributed by atoms with E-state index in [0.717, 1.165) is 26.4 Å². The number of aromatic nitrogens is 1. The van der Waals surface area contributed by atoms with E-state index in [9.17, 15) is 0 Å². The predicted molar refractivity (Wildman–Crippen MR) is 229 cm³/mol. The van der Waals surface area contributed by atoms with Crippen molar-refractivity contribution in [3.05, 3.63) is 197 Å². The Bertz CT molecular complexity index is 3080. The van der Waals surface area contributed by atoms with Gasteiger partial charge in [-0.15, -0.1) is 0 Å². The number of hydrogen-bond donors (Lipinski definition) is 0. The Labute approximate surface area is 322 Å². The quantitative estimate of drug-likeness (QED) is 0.171. The monoisotopic (exact) mass is 755 g/mol. The van der Waals surface area contributed by atoms with Crippen molar-refractivity contribution in [3.63, 3.8) is 0 Å². The van der Waals surface area contributed by atoms with Gasteiger partial charge in [-0.25, -0.2) is 0 Å². The Kier molecular flexibility index (Phi) is 7.09. The molecular formula is C51H34BrNO. The van der Waals surface area contributed by atoms with Crippen LogP contribution in [0.3, 0.4) is 0 Å². The number of hydrogen-bond acceptors (Lipinski definition) is 1. The first-order chi connectivity index (χ1) is 26.6. The summed E-state index contributed by atoms with van der Waals surface area (Å²) in [6.07, 6.45) is 0. The van der Waals surface area contributed by atoms with Gasteiger partial charge in [0.25, 0.3) is 0 Å². The number of fused-ring (bicyclic) bond motifs is 9. The van der Waals surface area contributed by atoms with Crippen molar-refractivity contribution in [3.8, 4) is 39.1 Å². The highest BCUT2D eigenvalue weighted by Gasteiger charge is 2.34. The average Bonchev–Trinajstić information content (AvgIpc) is 3.88. The molecule has 2 nitrogen and oxygen atoms in total. The Morgan fingerprint density at radius 1 is 0.500 bits per heavy atom. The highest BCUT2D eigenvalue weighted by Crippen LogP contribution is 2.53. The average molecular weight is 757 g/mol. The van der Waals surface area contributed by atoms with Crippen LogP contribution in [0.1, 0.15) is 35.4 Å². The summed E-state index contributed by atoms with van der Waals surface area (Å²) in [5, 5.41) is 4.77. The molecule has 0 N–H and O–H groups in total. The van der Waals surface area contributed by atoms with Crippen LogP contribution in [-0.4, -0.2) is 4.57 Å². The van der Waals surface area contributed by atoms with Gasteiger partial charge in [-0.05, 0) is 123 Å². The molecule has 0 saturated carbocycles. The maximum atomic E-state index is 6.23. The highest BCUT2D eigenvalue weighted by molar-refractivity contribution is 9.10. The zero-order chi connectivity index (χ0) is 35.9. The summed E-state index contributed by atoms with van der Waals surface area (Å²) < 4.78 is 9.65. The van der Waals surface area contributed by atoms with Gasteiger partial charge in [0.05, 0.1) is 11.0 Å². The van der Waals surface area contributed by atoms with Gasteiger partial charge in [0.2, 0.25) is 0 Å². The van der Waals surface area contributed by atoms with E-state index in [1.807, 2.05) is 12.1 Å². The van der Waals surface area contributed by atoms with E-state index in [-0.39, 0.29) is 5.92 Å². The molecule has 0 bridgehead atoms. The van der Waals surface area contributed by atoms with E-state index in [1.54, 1.807) is 0 Å². The van der Waals surface area contributed by atoms with Gasteiger partial charge >= 0.3 is 0 Å². The number of furan rings is 1. The second kappa shape index (κ2) is 12.2. The largest absolute Gasteiger partial charge is 0.456 e. The fourth-order valence-corrected chi connectivity index (χ4v) is 9.67. The summed E-state index contributed by atoms with van der Waals surface area (Å²) in [6.45, 7) is 2.38. The van der Waals surface area contributed by atoms with Gasteiger partial charge in [-0.3, -0.25) is 0 Å². The molecule has 0 saturated heterocycles. The van der Waals surface area contributed by atoms with Crippen molar-refractivity contribution >= 4 is 59.7 Å². The van der Waals surface area contributed by atoms with Crippen LogP contribution in [0.2, 0.25) is 0 Å². The molecule has 8 aromatic carbocycles. The molecule has 2 unspecified atom stereocenters. The van der Waals surface area contributed by atoms with Crippen LogP contribution in [0.25, 0.3) is 82.8 Å². The first-order valence-electron chi connectivity index (χ1n) is 18.6. The highest BCUT2D eigenvalue weighted by atomic mass is 79.9. The molecule has 0 radical (unpaired) electrons. The van der Waals surface area contributed by atoms with Crippen LogP contribution in [0, 0.1) is 0 Å². The lowest BCUT2D eigenvalue weighted by molar-refractivity contribution is 0.669. The topological polar surface area (TPSA) is 18.1 Å². The van der Waals surface area contributed by atoms with Crippen molar-refractivity contribution in [1.82, 2.24) is 4.57 Å². The molecule has 0 aliphatic heterocycles. The summed E-state index contributed by atoms with van der Waals surface area (Å²) in [5.41, 5.74) is 17.0. The fraction of sp³-hybridized carbons (Fsp3) is 0.0588. The molecule has 1 aliphatic rings. The third kappa shape index (κ3) is 4.78. The Hall–Kier alpha value is -6.16. The van der Waals surface area contributed by atoms with Crippen molar-refractivity contribution in [1.29, 1.82) is 0 Å². The van der Waals surface area contributed by atoms with E-state index in [2.05, 4.69) is 191 Å². The summed E-state index contributed by atoms with van der Waals surface area (Å²) in [5.74, 6) is 0.567. The lowest BCUT2D eigenvalue weighted by atomic mass is 9.81. The summed E-state index contributed by atoms with van der Waals surface area (Å²) in [4.78, 5) is 0. The van der Waals surface area contributed by atoms with Crippen molar-refractivity contribution in [2.24, 2.45) is 0 Å². The standard InChI is InChI=1S/C51H34BrNO/c1-31(32-11-4-2-5-12-32)50-39-23-19-33(35-21-25-47-43(29-35)38-15-8-9-17-46(38)53(47)37-13-6-3-7-14-37)27-41(39)42-28-34(20-24-40(42)50)36-22-26-48-44(30-36)51-45(52)16-10-18-49(51)54-48/h2-31,50H,1H3. The predicted octanol–water partition coefficient (Wildman–Crippen LogP) is 14.7.